The Kier molecular flexibility index (Phi) is 14.0. The molecule has 0 aliphatic carbocycles. The standard InChI is InChI=1S/C47H48F4N10O5S/c1-45(2,3)40(42(63)59-18-8-9-36(59)41-56-25-34(57-41)30-22-53-27-54-23-30)58-37(62)26-65-19-6-7-20-66-32-14-10-28(11-15-32)33-16-13-31(24-55-33)61-44(67)60(43(64)46(61,4)5)35-17-12-29(21-52)38(39(35)48)47(49,50)51/h10-17,22-25,27,36,40H,6-9,18-20,26H2,1-5H3,(H,56,57)(H,58,62). The number of ether oxygens (including phenoxy) is 2. The molecule has 0 radical (unpaired) electrons. The summed E-state index contributed by atoms with van der Waals surface area (Å²) in [5, 5.41) is 11.8. The first-order chi connectivity index (χ1) is 31.8. The fourth-order valence-electron chi connectivity index (χ4n) is 8.04. The Morgan fingerprint density at radius 1 is 1.00 bits per heavy atom. The van der Waals surface area contributed by atoms with Crippen LogP contribution in [0.25, 0.3) is 22.5 Å². The highest BCUT2D eigenvalue weighted by Gasteiger charge is 2.52. The summed E-state index contributed by atoms with van der Waals surface area (Å²) in [6.07, 6.45) is 5.66. The summed E-state index contributed by atoms with van der Waals surface area (Å²) < 4.78 is 68.3. The van der Waals surface area contributed by atoms with E-state index < -0.39 is 51.7 Å². The summed E-state index contributed by atoms with van der Waals surface area (Å²) in [7, 11) is 0. The number of amides is 3. The molecule has 7 rings (SSSR count). The number of thiocarbonyl (C=S) groups is 1. The zero-order chi connectivity index (χ0) is 48.3. The first kappa shape index (κ1) is 48.1. The third-order valence-corrected chi connectivity index (χ3v) is 11.9. The minimum atomic E-state index is -5.19. The van der Waals surface area contributed by atoms with Gasteiger partial charge in [-0.05, 0) is 106 Å². The van der Waals surface area contributed by atoms with Crippen LogP contribution < -0.4 is 19.9 Å². The van der Waals surface area contributed by atoms with Crippen LogP contribution in [0.4, 0.5) is 28.9 Å². The maximum Gasteiger partial charge on any atom is 0.420 e. The smallest absolute Gasteiger partial charge is 0.420 e. The van der Waals surface area contributed by atoms with Gasteiger partial charge in [0.2, 0.25) is 11.8 Å². The van der Waals surface area contributed by atoms with E-state index in [2.05, 4.69) is 25.3 Å². The number of rotatable bonds is 15. The van der Waals surface area contributed by atoms with Crippen molar-refractivity contribution in [3.63, 3.8) is 0 Å². The molecule has 0 saturated carbocycles. The molecular formula is C47H48F4N10O5S. The lowest BCUT2D eigenvalue weighted by atomic mass is 9.85. The second-order valence-corrected chi connectivity index (χ2v) is 18.0. The SMILES string of the molecule is CC(C)(C)C(NC(=O)COCCCCOc1ccc(-c2ccc(N3C(=S)N(c4ccc(C#N)c(C(F)(F)F)c4F)C(=O)C3(C)C)cn2)cc1)C(=O)N1CCCC1c1nc(-c2cncnc2)c[nH]1. The number of aromatic nitrogens is 5. The van der Waals surface area contributed by atoms with Gasteiger partial charge >= 0.3 is 6.18 Å². The molecule has 5 heterocycles. The topological polar surface area (TPSA) is 183 Å². The predicted molar refractivity (Wildman–Crippen MR) is 243 cm³/mol. The monoisotopic (exact) mass is 940 g/mol. The van der Waals surface area contributed by atoms with Gasteiger partial charge in [-0.15, -0.1) is 0 Å². The van der Waals surface area contributed by atoms with E-state index in [1.165, 1.54) is 37.3 Å². The number of alkyl halides is 3. The van der Waals surface area contributed by atoms with Crippen molar-refractivity contribution in [2.75, 3.05) is 36.2 Å². The van der Waals surface area contributed by atoms with Gasteiger partial charge in [-0.3, -0.25) is 24.3 Å². The van der Waals surface area contributed by atoms with E-state index >= 15 is 4.39 Å². The lowest BCUT2D eigenvalue weighted by Crippen LogP contribution is -2.55. The second kappa shape index (κ2) is 19.5. The van der Waals surface area contributed by atoms with Gasteiger partial charge < -0.3 is 29.6 Å². The van der Waals surface area contributed by atoms with Crippen molar-refractivity contribution >= 4 is 46.4 Å². The number of halogens is 4. The number of carbonyl (C=O) groups is 3. The summed E-state index contributed by atoms with van der Waals surface area (Å²) in [5.74, 6) is -1.83. The number of H-pyrrole nitrogens is 1. The number of carbonyl (C=O) groups excluding carboxylic acids is 3. The summed E-state index contributed by atoms with van der Waals surface area (Å²) in [5.41, 5.74) is -2.30. The van der Waals surface area contributed by atoms with Crippen LogP contribution in [0.15, 0.2) is 79.6 Å². The first-order valence-electron chi connectivity index (χ1n) is 21.5. The van der Waals surface area contributed by atoms with Crippen LogP contribution in [-0.4, -0.2) is 90.6 Å². The number of hydrogen-bond donors (Lipinski definition) is 2. The molecule has 67 heavy (non-hydrogen) atoms. The Labute approximate surface area is 389 Å². The summed E-state index contributed by atoms with van der Waals surface area (Å²) >= 11 is 5.54. The maximum absolute atomic E-state index is 15.4. The molecule has 3 aromatic heterocycles. The number of nitrogens with one attached hydrogen (secondary N) is 2. The fourth-order valence-corrected chi connectivity index (χ4v) is 8.55. The van der Waals surface area contributed by atoms with E-state index in [-0.39, 0.29) is 29.6 Å². The Morgan fingerprint density at radius 2 is 1.72 bits per heavy atom. The minimum absolute atomic E-state index is 0.179. The van der Waals surface area contributed by atoms with Crippen LogP contribution >= 0.6 is 12.2 Å². The molecule has 2 atom stereocenters. The lowest BCUT2D eigenvalue weighted by Gasteiger charge is -2.35. The van der Waals surface area contributed by atoms with Crippen molar-refractivity contribution in [1.29, 1.82) is 5.26 Å². The third-order valence-electron chi connectivity index (χ3n) is 11.5. The predicted octanol–water partition coefficient (Wildman–Crippen LogP) is 7.95. The van der Waals surface area contributed by atoms with Gasteiger partial charge in [-0.25, -0.2) is 19.3 Å². The van der Waals surface area contributed by atoms with E-state index in [0.29, 0.717) is 66.1 Å². The molecule has 350 valence electrons. The molecule has 5 aromatic rings. The van der Waals surface area contributed by atoms with Crippen molar-refractivity contribution in [1.82, 2.24) is 35.1 Å². The fraction of sp³-hybridized carbons (Fsp3) is 0.383. The average molecular weight is 941 g/mol. The Bertz CT molecular complexity index is 2670. The normalized spacial score (nSPS) is 16.6. The highest BCUT2D eigenvalue weighted by atomic mass is 32.1. The lowest BCUT2D eigenvalue weighted by molar-refractivity contribution is -0.141. The number of unbranched alkanes of at least 4 members (excludes halogenated alkanes) is 1. The average Bonchev–Trinajstić information content (AvgIpc) is 4.02. The number of benzene rings is 2. The first-order valence-corrected chi connectivity index (χ1v) is 21.9. The molecule has 2 N–H and O–H groups in total. The number of anilines is 2. The molecular weight excluding hydrogens is 893 g/mol. The van der Waals surface area contributed by atoms with E-state index in [1.54, 1.807) is 47.8 Å². The molecule has 0 bridgehead atoms. The second-order valence-electron chi connectivity index (χ2n) is 17.6. The van der Waals surface area contributed by atoms with Gasteiger partial charge in [-0.2, -0.15) is 18.4 Å². The van der Waals surface area contributed by atoms with Crippen molar-refractivity contribution < 1.29 is 41.4 Å². The zero-order valence-corrected chi connectivity index (χ0v) is 38.2. The van der Waals surface area contributed by atoms with Crippen LogP contribution in [0.3, 0.4) is 0 Å². The molecule has 2 aromatic carbocycles. The number of hydrogen-bond acceptors (Lipinski definition) is 11. The number of imidazole rings is 1. The van der Waals surface area contributed by atoms with E-state index in [1.807, 2.05) is 32.9 Å². The van der Waals surface area contributed by atoms with Gasteiger partial charge in [0, 0.05) is 42.9 Å². The Morgan fingerprint density at radius 3 is 2.37 bits per heavy atom. The molecule has 0 spiro atoms. The highest BCUT2D eigenvalue weighted by molar-refractivity contribution is 7.81. The summed E-state index contributed by atoms with van der Waals surface area (Å²) in [6, 6.07) is 12.6. The Balaban J connectivity index is 0.863. The molecule has 15 nitrogen and oxygen atoms in total. The van der Waals surface area contributed by atoms with Crippen LogP contribution in [0, 0.1) is 22.6 Å². The van der Waals surface area contributed by atoms with Crippen molar-refractivity contribution in [2.24, 2.45) is 5.41 Å². The number of nitrogens with zero attached hydrogens (tertiary/aromatic N) is 8. The molecule has 2 fully saturated rings. The molecule has 2 aliphatic rings. The van der Waals surface area contributed by atoms with Gasteiger partial charge in [0.05, 0.1) is 53.2 Å². The van der Waals surface area contributed by atoms with Gasteiger partial charge in [0.1, 0.15) is 41.7 Å². The quantitative estimate of drug-likeness (QED) is 0.0588. The van der Waals surface area contributed by atoms with Crippen LogP contribution in [0.1, 0.15) is 83.3 Å². The maximum atomic E-state index is 15.4. The third kappa shape index (κ3) is 10.3. The van der Waals surface area contributed by atoms with Gasteiger partial charge in [-0.1, -0.05) is 20.8 Å². The van der Waals surface area contributed by atoms with E-state index in [0.717, 1.165) is 36.1 Å². The van der Waals surface area contributed by atoms with E-state index in [9.17, 15) is 32.8 Å². The largest absolute Gasteiger partial charge is 0.494 e. The Hall–Kier alpha value is -6.85. The van der Waals surface area contributed by atoms with Crippen LogP contribution in [0.5, 0.6) is 5.75 Å². The summed E-state index contributed by atoms with van der Waals surface area (Å²) in [4.78, 5) is 65.1. The van der Waals surface area contributed by atoms with Crippen molar-refractivity contribution in [3.8, 4) is 34.3 Å². The van der Waals surface area contributed by atoms with Gasteiger partial charge in [0.15, 0.2) is 10.9 Å². The molecule has 3 amide bonds. The van der Waals surface area contributed by atoms with Crippen LogP contribution in [0.2, 0.25) is 0 Å². The number of likely N-dealkylation sites (tertiary alicyclic amines) is 1. The minimum Gasteiger partial charge on any atom is -0.494 e. The number of aromatic amines is 1. The summed E-state index contributed by atoms with van der Waals surface area (Å²) in [6.45, 7) is 9.79. The highest BCUT2D eigenvalue weighted by Crippen LogP contribution is 2.42. The van der Waals surface area contributed by atoms with E-state index in [4.69, 9.17) is 26.7 Å². The van der Waals surface area contributed by atoms with Gasteiger partial charge in [0.25, 0.3) is 5.91 Å². The van der Waals surface area contributed by atoms with Crippen LogP contribution in [-0.2, 0) is 25.3 Å². The number of nitriles is 1. The molecule has 2 saturated heterocycles. The number of pyridine rings is 1. The molecule has 2 unspecified atom stereocenters. The zero-order valence-electron chi connectivity index (χ0n) is 37.4. The molecule has 2 aliphatic heterocycles. The van der Waals surface area contributed by atoms with Crippen molar-refractivity contribution in [2.45, 2.75) is 84.1 Å². The van der Waals surface area contributed by atoms with Crippen molar-refractivity contribution in [3.05, 3.63) is 102 Å². The molecule has 20 heteroatoms.